The van der Waals surface area contributed by atoms with E-state index in [2.05, 4.69) is 13.0 Å². The molecule has 0 spiro atoms. The molecular formula is C21H30O4S. The maximum absolute atomic E-state index is 11.8. The lowest BCUT2D eigenvalue weighted by molar-refractivity contribution is -0.0444. The molecule has 1 aromatic rings. The molecule has 3 unspecified atom stereocenters. The number of hydrogen-bond donors (Lipinski definition) is 0. The monoisotopic (exact) mass is 378 g/mol. The topological polar surface area (TPSA) is 52.6 Å². The third-order valence-corrected chi connectivity index (χ3v) is 8.63. The molecule has 5 atom stereocenters. The smallest absolute Gasteiger partial charge is 0.308 e. The summed E-state index contributed by atoms with van der Waals surface area (Å²) >= 11 is 0. The van der Waals surface area contributed by atoms with Gasteiger partial charge in [0.25, 0.3) is 0 Å². The number of ether oxygens (including phenoxy) is 1. The van der Waals surface area contributed by atoms with Crippen molar-refractivity contribution in [2.75, 3.05) is 12.9 Å². The molecule has 0 amide bonds. The standard InChI is InChI=1S/C21H30O4S/c1-4-26(22,23)25-15-6-8-16-14(13-15)5-7-18-17(16)11-12-21(2)19(18)9-10-20(21)24-3/h6,8,13,17-20H,4-5,7,9-12H2,1-3H3/t17?,18-,19?,20?,21+/m1/s1. The van der Waals surface area contributed by atoms with Gasteiger partial charge < -0.3 is 8.92 Å². The van der Waals surface area contributed by atoms with Crippen LogP contribution >= 0.6 is 0 Å². The Morgan fingerprint density at radius 3 is 2.73 bits per heavy atom. The van der Waals surface area contributed by atoms with Crippen molar-refractivity contribution in [3.8, 4) is 5.75 Å². The van der Waals surface area contributed by atoms with Crippen LogP contribution in [0, 0.1) is 17.3 Å². The molecule has 0 aliphatic heterocycles. The van der Waals surface area contributed by atoms with Crippen LogP contribution in [0.15, 0.2) is 18.2 Å². The van der Waals surface area contributed by atoms with Gasteiger partial charge in [-0.15, -0.1) is 0 Å². The van der Waals surface area contributed by atoms with E-state index in [9.17, 15) is 8.42 Å². The van der Waals surface area contributed by atoms with Gasteiger partial charge in [0.2, 0.25) is 0 Å². The fourth-order valence-corrected chi connectivity index (χ4v) is 6.67. The highest BCUT2D eigenvalue weighted by Gasteiger charge is 2.54. The molecule has 0 radical (unpaired) electrons. The van der Waals surface area contributed by atoms with Crippen LogP contribution in [0.1, 0.15) is 63.0 Å². The van der Waals surface area contributed by atoms with Gasteiger partial charge in [-0.1, -0.05) is 13.0 Å². The number of benzene rings is 1. The molecule has 0 N–H and O–H groups in total. The predicted molar refractivity (Wildman–Crippen MR) is 102 cm³/mol. The van der Waals surface area contributed by atoms with Crippen LogP contribution in [0.25, 0.3) is 0 Å². The molecule has 0 bridgehead atoms. The van der Waals surface area contributed by atoms with E-state index in [0.717, 1.165) is 18.3 Å². The first-order valence-corrected chi connectivity index (χ1v) is 11.5. The average molecular weight is 379 g/mol. The maximum atomic E-state index is 11.8. The lowest BCUT2D eigenvalue weighted by Crippen LogP contribution is -2.44. The average Bonchev–Trinajstić information content (AvgIpc) is 2.97. The number of fused-ring (bicyclic) bond motifs is 5. The molecule has 5 heteroatoms. The summed E-state index contributed by atoms with van der Waals surface area (Å²) in [5.74, 6) is 2.54. The second-order valence-electron chi connectivity index (χ2n) is 8.55. The summed E-state index contributed by atoms with van der Waals surface area (Å²) in [6.45, 7) is 4.05. The van der Waals surface area contributed by atoms with Gasteiger partial charge in [0.05, 0.1) is 11.9 Å². The summed E-state index contributed by atoms with van der Waals surface area (Å²) in [5, 5.41) is 0. The summed E-state index contributed by atoms with van der Waals surface area (Å²) in [6, 6.07) is 5.92. The third-order valence-electron chi connectivity index (χ3n) is 7.47. The molecule has 0 heterocycles. The lowest BCUT2D eigenvalue weighted by atomic mass is 9.55. The van der Waals surface area contributed by atoms with E-state index in [-0.39, 0.29) is 5.75 Å². The van der Waals surface area contributed by atoms with Crippen molar-refractivity contribution >= 4 is 10.1 Å². The van der Waals surface area contributed by atoms with Gasteiger partial charge in [0.15, 0.2) is 0 Å². The maximum Gasteiger partial charge on any atom is 0.308 e. The predicted octanol–water partition coefficient (Wildman–Crippen LogP) is 4.29. The van der Waals surface area contributed by atoms with Gasteiger partial charge in [-0.25, -0.2) is 0 Å². The van der Waals surface area contributed by atoms with E-state index < -0.39 is 10.1 Å². The van der Waals surface area contributed by atoms with Gasteiger partial charge in [0.1, 0.15) is 5.75 Å². The molecule has 2 saturated carbocycles. The Kier molecular flexibility index (Phi) is 4.59. The van der Waals surface area contributed by atoms with Crippen molar-refractivity contribution in [1.29, 1.82) is 0 Å². The Bertz CT molecular complexity index is 787. The zero-order valence-electron chi connectivity index (χ0n) is 16.0. The van der Waals surface area contributed by atoms with Crippen molar-refractivity contribution in [2.45, 2.75) is 64.4 Å². The summed E-state index contributed by atoms with van der Waals surface area (Å²) in [5.41, 5.74) is 3.02. The normalized spacial score (nSPS) is 36.1. The molecule has 4 nitrogen and oxygen atoms in total. The first kappa shape index (κ1) is 18.3. The molecule has 0 aromatic heterocycles. The second kappa shape index (κ2) is 6.52. The van der Waals surface area contributed by atoms with Gasteiger partial charge in [-0.3, -0.25) is 0 Å². The fourth-order valence-electron chi connectivity index (χ4n) is 6.16. The number of hydrogen-bond acceptors (Lipinski definition) is 4. The van der Waals surface area contributed by atoms with Crippen LogP contribution in [0.3, 0.4) is 0 Å². The van der Waals surface area contributed by atoms with E-state index in [1.807, 2.05) is 19.2 Å². The highest BCUT2D eigenvalue weighted by molar-refractivity contribution is 7.87. The Labute approximate surface area is 157 Å². The van der Waals surface area contributed by atoms with E-state index in [1.165, 1.54) is 43.2 Å². The van der Waals surface area contributed by atoms with Gasteiger partial charge >= 0.3 is 10.1 Å². The molecule has 4 rings (SSSR count). The molecule has 1 aromatic carbocycles. The molecule has 2 fully saturated rings. The molecule has 3 aliphatic rings. The first-order valence-electron chi connectivity index (χ1n) is 9.95. The SMILES string of the molecule is CCS(=O)(=O)Oc1ccc2c(c1)CC[C@@H]1C2CC[C@]2(C)C(OC)CCC12. The minimum Gasteiger partial charge on any atom is -0.382 e. The van der Waals surface area contributed by atoms with Crippen LogP contribution in [0.4, 0.5) is 0 Å². The molecule has 0 saturated heterocycles. The zero-order chi connectivity index (χ0) is 18.5. The number of rotatable bonds is 4. The highest BCUT2D eigenvalue weighted by Crippen LogP contribution is 2.61. The Balaban J connectivity index is 1.60. The minimum absolute atomic E-state index is 0.00425. The van der Waals surface area contributed by atoms with Crippen LogP contribution in [0.2, 0.25) is 0 Å². The summed E-state index contributed by atoms with van der Waals surface area (Å²) in [7, 11) is -1.60. The quantitative estimate of drug-likeness (QED) is 0.734. The van der Waals surface area contributed by atoms with Crippen LogP contribution in [-0.4, -0.2) is 27.4 Å². The van der Waals surface area contributed by atoms with E-state index in [1.54, 1.807) is 6.92 Å². The van der Waals surface area contributed by atoms with Crippen LogP contribution < -0.4 is 4.18 Å². The summed E-state index contributed by atoms with van der Waals surface area (Å²) in [4.78, 5) is 0. The lowest BCUT2D eigenvalue weighted by Gasteiger charge is -2.50. The number of methoxy groups -OCH3 is 1. The van der Waals surface area contributed by atoms with Gasteiger partial charge in [-0.05, 0) is 91.9 Å². The van der Waals surface area contributed by atoms with Crippen molar-refractivity contribution in [2.24, 2.45) is 17.3 Å². The van der Waals surface area contributed by atoms with Gasteiger partial charge in [-0.2, -0.15) is 8.42 Å². The van der Waals surface area contributed by atoms with E-state index >= 15 is 0 Å². The second-order valence-corrected chi connectivity index (χ2v) is 10.4. The highest BCUT2D eigenvalue weighted by atomic mass is 32.2. The van der Waals surface area contributed by atoms with Crippen molar-refractivity contribution in [3.05, 3.63) is 29.3 Å². The number of aryl methyl sites for hydroxylation is 1. The van der Waals surface area contributed by atoms with Gasteiger partial charge in [0, 0.05) is 7.11 Å². The van der Waals surface area contributed by atoms with E-state index in [0.29, 0.717) is 23.2 Å². The third kappa shape index (κ3) is 2.88. The van der Waals surface area contributed by atoms with Crippen LogP contribution in [-0.2, 0) is 21.3 Å². The summed E-state index contributed by atoms with van der Waals surface area (Å²) < 4.78 is 34.6. The first-order chi connectivity index (χ1) is 12.4. The minimum atomic E-state index is -3.47. The van der Waals surface area contributed by atoms with E-state index in [4.69, 9.17) is 8.92 Å². The Morgan fingerprint density at radius 1 is 1.19 bits per heavy atom. The van der Waals surface area contributed by atoms with Crippen molar-refractivity contribution < 1.29 is 17.3 Å². The molecule has 26 heavy (non-hydrogen) atoms. The molecule has 3 aliphatic carbocycles. The summed E-state index contributed by atoms with van der Waals surface area (Å²) in [6.07, 6.45) is 7.51. The Hall–Kier alpha value is -1.07. The molecule has 144 valence electrons. The van der Waals surface area contributed by atoms with Crippen LogP contribution in [0.5, 0.6) is 5.75 Å². The fraction of sp³-hybridized carbons (Fsp3) is 0.714. The largest absolute Gasteiger partial charge is 0.382 e. The Morgan fingerprint density at radius 2 is 2.00 bits per heavy atom. The zero-order valence-corrected chi connectivity index (χ0v) is 16.8. The van der Waals surface area contributed by atoms with Crippen molar-refractivity contribution in [3.63, 3.8) is 0 Å². The van der Waals surface area contributed by atoms with Crippen molar-refractivity contribution in [1.82, 2.24) is 0 Å². The molecular weight excluding hydrogens is 348 g/mol.